The summed E-state index contributed by atoms with van der Waals surface area (Å²) in [5.41, 5.74) is 1.50. The van der Waals surface area contributed by atoms with E-state index >= 15 is 0 Å². The van der Waals surface area contributed by atoms with Crippen molar-refractivity contribution in [3.05, 3.63) is 22.7 Å². The summed E-state index contributed by atoms with van der Waals surface area (Å²) in [6.45, 7) is 0.696. The number of nitrogens with zero attached hydrogens (tertiary/aromatic N) is 3. The Kier molecular flexibility index (Phi) is 6.83. The molecule has 1 saturated heterocycles. The van der Waals surface area contributed by atoms with E-state index in [1.807, 2.05) is 4.90 Å². The topological polar surface area (TPSA) is 112 Å². The summed E-state index contributed by atoms with van der Waals surface area (Å²) in [6, 6.07) is 3.50. The van der Waals surface area contributed by atoms with Crippen LogP contribution in [-0.2, 0) is 20.9 Å². The van der Waals surface area contributed by atoms with Gasteiger partial charge in [-0.25, -0.2) is 4.99 Å². The number of hydrogen-bond donors (Lipinski definition) is 2. The molecule has 0 unspecified atom stereocenters. The van der Waals surface area contributed by atoms with E-state index in [0.29, 0.717) is 35.4 Å². The minimum absolute atomic E-state index is 0.00712. The molecule has 9 nitrogen and oxygen atoms in total. The molecule has 1 aliphatic carbocycles. The molecule has 1 aromatic carbocycles. The Balaban J connectivity index is 1.36. The molecule has 3 aliphatic rings. The molecule has 0 spiro atoms. The van der Waals surface area contributed by atoms with Gasteiger partial charge < -0.3 is 19.6 Å². The molecule has 2 aliphatic heterocycles. The standard InChI is InChI=1S/C22H27ClN4O5/c23-16-8-9-17-15(11-26-12-18(28)25-22(26)24-17)21(16)32-10-4-7-19(29)27(13-20(30)31)14-5-2-1-3-6-14/h8-9,14H,1-7,10-13H2,(H,30,31)(H,24,25,28). The second-order valence-corrected chi connectivity index (χ2v) is 8.78. The second-order valence-electron chi connectivity index (χ2n) is 8.37. The van der Waals surface area contributed by atoms with Crippen molar-refractivity contribution in [2.75, 3.05) is 19.7 Å². The third-order valence-electron chi connectivity index (χ3n) is 6.07. The van der Waals surface area contributed by atoms with Gasteiger partial charge in [-0.3, -0.25) is 19.7 Å². The monoisotopic (exact) mass is 462 g/mol. The summed E-state index contributed by atoms with van der Waals surface area (Å²) in [5, 5.41) is 12.4. The molecule has 0 bridgehead atoms. The number of nitrogens with one attached hydrogen (secondary N) is 1. The van der Waals surface area contributed by atoms with Gasteiger partial charge in [-0.2, -0.15) is 0 Å². The largest absolute Gasteiger partial charge is 0.492 e. The van der Waals surface area contributed by atoms with E-state index in [1.165, 1.54) is 4.90 Å². The summed E-state index contributed by atoms with van der Waals surface area (Å²) in [4.78, 5) is 43.5. The zero-order valence-corrected chi connectivity index (χ0v) is 18.6. The van der Waals surface area contributed by atoms with Gasteiger partial charge in [-0.15, -0.1) is 0 Å². The normalized spacial score (nSPS) is 17.8. The molecule has 10 heteroatoms. The van der Waals surface area contributed by atoms with Gasteiger partial charge in [0, 0.05) is 18.0 Å². The van der Waals surface area contributed by atoms with E-state index in [2.05, 4.69) is 10.3 Å². The Hall–Kier alpha value is -2.81. The summed E-state index contributed by atoms with van der Waals surface area (Å²) < 4.78 is 5.95. The molecule has 1 saturated carbocycles. The van der Waals surface area contributed by atoms with Crippen LogP contribution in [0.1, 0.15) is 50.5 Å². The van der Waals surface area contributed by atoms with Crippen LogP contribution in [0.3, 0.4) is 0 Å². The molecular formula is C22H27ClN4O5. The first-order valence-electron chi connectivity index (χ1n) is 11.0. The smallest absolute Gasteiger partial charge is 0.323 e. The highest BCUT2D eigenvalue weighted by Gasteiger charge is 2.31. The minimum atomic E-state index is -0.988. The number of carboxylic acid groups (broad SMARTS) is 1. The van der Waals surface area contributed by atoms with Crippen molar-refractivity contribution >= 4 is 41.0 Å². The van der Waals surface area contributed by atoms with Crippen LogP contribution in [0.4, 0.5) is 5.69 Å². The molecule has 172 valence electrons. The number of hydrogen-bond acceptors (Lipinski definition) is 6. The molecule has 1 aromatic rings. The van der Waals surface area contributed by atoms with E-state index in [-0.39, 0.29) is 44.0 Å². The van der Waals surface area contributed by atoms with Gasteiger partial charge in [-0.1, -0.05) is 30.9 Å². The molecule has 2 amide bonds. The van der Waals surface area contributed by atoms with E-state index in [0.717, 1.165) is 37.7 Å². The number of halogens is 1. The van der Waals surface area contributed by atoms with Crippen molar-refractivity contribution in [1.82, 2.24) is 15.1 Å². The number of carbonyl (C=O) groups excluding carboxylic acids is 2. The van der Waals surface area contributed by atoms with Crippen LogP contribution in [0.2, 0.25) is 5.02 Å². The van der Waals surface area contributed by atoms with E-state index in [9.17, 15) is 19.5 Å². The summed E-state index contributed by atoms with van der Waals surface area (Å²) in [6.07, 6.45) is 5.56. The Bertz CT molecular complexity index is 944. The predicted molar refractivity (Wildman–Crippen MR) is 118 cm³/mol. The summed E-state index contributed by atoms with van der Waals surface area (Å²) in [7, 11) is 0. The number of aliphatic carboxylic acids is 1. The highest BCUT2D eigenvalue weighted by atomic mass is 35.5. The van der Waals surface area contributed by atoms with Gasteiger partial charge in [0.25, 0.3) is 0 Å². The van der Waals surface area contributed by atoms with Crippen LogP contribution in [0, 0.1) is 0 Å². The minimum Gasteiger partial charge on any atom is -0.492 e. The third kappa shape index (κ3) is 4.98. The molecule has 2 fully saturated rings. The van der Waals surface area contributed by atoms with Crippen molar-refractivity contribution < 1.29 is 24.2 Å². The van der Waals surface area contributed by atoms with Gasteiger partial charge in [0.1, 0.15) is 18.8 Å². The molecule has 2 N–H and O–H groups in total. The zero-order valence-electron chi connectivity index (χ0n) is 17.8. The summed E-state index contributed by atoms with van der Waals surface area (Å²) >= 11 is 6.37. The quantitative estimate of drug-likeness (QED) is 0.574. The molecule has 0 aromatic heterocycles. The lowest BCUT2D eigenvalue weighted by Crippen LogP contribution is -2.44. The Morgan fingerprint density at radius 1 is 1.25 bits per heavy atom. The Morgan fingerprint density at radius 2 is 2.03 bits per heavy atom. The highest BCUT2D eigenvalue weighted by Crippen LogP contribution is 2.39. The number of ether oxygens (including phenoxy) is 1. The third-order valence-corrected chi connectivity index (χ3v) is 6.37. The van der Waals surface area contributed by atoms with Gasteiger partial charge in [0.05, 0.1) is 23.9 Å². The molecule has 2 heterocycles. The number of benzene rings is 1. The number of rotatable bonds is 8. The molecule has 4 rings (SSSR count). The lowest BCUT2D eigenvalue weighted by molar-refractivity contribution is -0.146. The number of aliphatic imine (C=N–C) groups is 1. The molecule has 0 radical (unpaired) electrons. The van der Waals surface area contributed by atoms with Crippen LogP contribution in [0.15, 0.2) is 17.1 Å². The van der Waals surface area contributed by atoms with Gasteiger partial charge in [-0.05, 0) is 31.4 Å². The fourth-order valence-corrected chi connectivity index (χ4v) is 4.76. The van der Waals surface area contributed by atoms with Gasteiger partial charge in [0.15, 0.2) is 0 Å². The van der Waals surface area contributed by atoms with Gasteiger partial charge >= 0.3 is 5.97 Å². The van der Waals surface area contributed by atoms with Crippen molar-refractivity contribution in [3.8, 4) is 5.75 Å². The fraction of sp³-hybridized carbons (Fsp3) is 0.545. The van der Waals surface area contributed by atoms with Crippen molar-refractivity contribution in [2.45, 2.75) is 57.5 Å². The maximum Gasteiger partial charge on any atom is 0.323 e. The number of guanidine groups is 1. The number of fused-ring (bicyclic) bond motifs is 2. The average molecular weight is 463 g/mol. The predicted octanol–water partition coefficient (Wildman–Crippen LogP) is 2.68. The lowest BCUT2D eigenvalue weighted by Gasteiger charge is -2.33. The van der Waals surface area contributed by atoms with E-state index in [1.54, 1.807) is 12.1 Å². The maximum absolute atomic E-state index is 12.8. The van der Waals surface area contributed by atoms with E-state index in [4.69, 9.17) is 16.3 Å². The molecule has 32 heavy (non-hydrogen) atoms. The van der Waals surface area contributed by atoms with Crippen LogP contribution in [-0.4, -0.2) is 64.4 Å². The van der Waals surface area contributed by atoms with Crippen LogP contribution in [0.25, 0.3) is 0 Å². The molecule has 0 atom stereocenters. The first-order valence-corrected chi connectivity index (χ1v) is 11.4. The van der Waals surface area contributed by atoms with Crippen molar-refractivity contribution in [2.24, 2.45) is 4.99 Å². The first kappa shape index (κ1) is 22.4. The Morgan fingerprint density at radius 3 is 2.78 bits per heavy atom. The fourth-order valence-electron chi connectivity index (χ4n) is 4.53. The zero-order chi connectivity index (χ0) is 22.7. The van der Waals surface area contributed by atoms with Gasteiger partial charge in [0.2, 0.25) is 17.8 Å². The Labute approximate surface area is 191 Å². The number of amides is 2. The SMILES string of the molecule is O=C(O)CN(C(=O)CCCOc1c(Cl)ccc2c1CN1CC(=O)NC1=N2)C1CCCCC1. The second kappa shape index (κ2) is 9.77. The van der Waals surface area contributed by atoms with Crippen molar-refractivity contribution in [1.29, 1.82) is 0 Å². The number of carboxylic acids is 1. The molecular weight excluding hydrogens is 436 g/mol. The summed E-state index contributed by atoms with van der Waals surface area (Å²) in [5.74, 6) is -0.207. The average Bonchev–Trinajstić information content (AvgIpc) is 3.14. The van der Waals surface area contributed by atoms with Crippen LogP contribution < -0.4 is 10.1 Å². The van der Waals surface area contributed by atoms with E-state index < -0.39 is 5.97 Å². The van der Waals surface area contributed by atoms with Crippen molar-refractivity contribution in [3.63, 3.8) is 0 Å². The van der Waals surface area contributed by atoms with Crippen LogP contribution >= 0.6 is 11.6 Å². The maximum atomic E-state index is 12.8. The first-order chi connectivity index (χ1) is 15.4. The lowest BCUT2D eigenvalue weighted by atomic mass is 9.94. The highest BCUT2D eigenvalue weighted by molar-refractivity contribution is 6.32. The number of carbonyl (C=O) groups is 3. The van der Waals surface area contributed by atoms with Crippen LogP contribution in [0.5, 0.6) is 5.75 Å².